The fraction of sp³-hybridized carbons (Fsp3) is 0.217. The van der Waals surface area contributed by atoms with Crippen molar-refractivity contribution in [1.29, 1.82) is 5.26 Å². The van der Waals surface area contributed by atoms with Gasteiger partial charge in [-0.15, -0.1) is 21.5 Å². The molecule has 0 saturated carbocycles. The van der Waals surface area contributed by atoms with Gasteiger partial charge in [0.15, 0.2) is 11.0 Å². The number of thiophene rings is 1. The van der Waals surface area contributed by atoms with Crippen molar-refractivity contribution in [2.75, 3.05) is 19.5 Å². The van der Waals surface area contributed by atoms with E-state index in [-0.39, 0.29) is 17.2 Å². The zero-order valence-electron chi connectivity index (χ0n) is 18.5. The number of nitriles is 1. The lowest BCUT2D eigenvalue weighted by atomic mass is 10.2. The Morgan fingerprint density at radius 3 is 2.88 bits per heavy atom. The van der Waals surface area contributed by atoms with Gasteiger partial charge >= 0.3 is 5.97 Å². The Morgan fingerprint density at radius 2 is 2.18 bits per heavy atom. The Kier molecular flexibility index (Phi) is 7.20. The van der Waals surface area contributed by atoms with Crippen LogP contribution in [-0.4, -0.2) is 34.5 Å². The maximum atomic E-state index is 12.4. The number of thioether (sulfide) groups is 1. The first-order valence-electron chi connectivity index (χ1n) is 10.3. The predicted molar refractivity (Wildman–Crippen MR) is 129 cm³/mol. The Hall–Kier alpha value is -3.75. The maximum Gasteiger partial charge on any atom is 0.348 e. The van der Waals surface area contributed by atoms with Crippen molar-refractivity contribution >= 4 is 34.1 Å². The number of rotatable bonds is 9. The highest BCUT2D eigenvalue weighted by Gasteiger charge is 2.24. The highest BCUT2D eigenvalue weighted by molar-refractivity contribution is 7.98. The quantitative estimate of drug-likeness (QED) is 0.262. The summed E-state index contributed by atoms with van der Waals surface area (Å²) in [7, 11) is 1.61. The predicted octanol–water partition coefficient (Wildman–Crippen LogP) is 4.58. The normalized spacial score (nSPS) is 10.7. The molecule has 174 valence electrons. The van der Waals surface area contributed by atoms with Crippen LogP contribution in [0.1, 0.15) is 33.5 Å². The van der Waals surface area contributed by atoms with Crippen molar-refractivity contribution in [2.45, 2.75) is 24.4 Å². The summed E-state index contributed by atoms with van der Waals surface area (Å²) in [5.41, 5.74) is 7.65. The summed E-state index contributed by atoms with van der Waals surface area (Å²) in [6, 6.07) is 13.3. The van der Waals surface area contributed by atoms with Gasteiger partial charge in [-0.3, -0.25) is 4.57 Å². The standard InChI is InChI=1S/C23H21N5O4S2/c1-3-31-22(29)19-18(17(11-24)20(25)34-19)13-33-23-27-26-21(14-6-4-7-15(10-14)30-2)28(23)12-16-8-5-9-32-16/h4-10H,3,12-13,25H2,1-2H3. The maximum absolute atomic E-state index is 12.4. The van der Waals surface area contributed by atoms with Gasteiger partial charge in [-0.1, -0.05) is 23.9 Å². The highest BCUT2D eigenvalue weighted by Crippen LogP contribution is 2.36. The third-order valence-corrected chi connectivity index (χ3v) is 6.93. The minimum atomic E-state index is -0.495. The van der Waals surface area contributed by atoms with Crippen LogP contribution < -0.4 is 10.5 Å². The van der Waals surface area contributed by atoms with Crippen LogP contribution in [0.4, 0.5) is 5.00 Å². The number of methoxy groups -OCH3 is 1. The molecule has 0 saturated heterocycles. The monoisotopic (exact) mass is 495 g/mol. The second-order valence-electron chi connectivity index (χ2n) is 6.97. The van der Waals surface area contributed by atoms with Crippen molar-refractivity contribution in [1.82, 2.24) is 14.8 Å². The van der Waals surface area contributed by atoms with Crippen LogP contribution in [0.3, 0.4) is 0 Å². The van der Waals surface area contributed by atoms with Gasteiger partial charge in [0, 0.05) is 16.9 Å². The van der Waals surface area contributed by atoms with Crippen LogP contribution in [-0.2, 0) is 17.0 Å². The lowest BCUT2D eigenvalue weighted by Gasteiger charge is -2.10. The van der Waals surface area contributed by atoms with E-state index in [1.165, 1.54) is 11.8 Å². The zero-order chi connectivity index (χ0) is 24.1. The molecule has 2 N–H and O–H groups in total. The fourth-order valence-corrected chi connectivity index (χ4v) is 5.30. The molecule has 3 aromatic heterocycles. The third-order valence-electron chi connectivity index (χ3n) is 4.89. The van der Waals surface area contributed by atoms with E-state index in [1.54, 1.807) is 20.3 Å². The van der Waals surface area contributed by atoms with Gasteiger partial charge in [0.2, 0.25) is 0 Å². The van der Waals surface area contributed by atoms with Gasteiger partial charge in [0.05, 0.1) is 32.1 Å². The Balaban J connectivity index is 1.70. The van der Waals surface area contributed by atoms with Crippen LogP contribution in [0.2, 0.25) is 0 Å². The molecule has 9 nitrogen and oxygen atoms in total. The van der Waals surface area contributed by atoms with Gasteiger partial charge < -0.3 is 19.6 Å². The van der Waals surface area contributed by atoms with E-state index in [0.29, 0.717) is 39.5 Å². The molecule has 1 aromatic carbocycles. The number of anilines is 1. The Morgan fingerprint density at radius 1 is 1.32 bits per heavy atom. The van der Waals surface area contributed by atoms with Gasteiger partial charge in [-0.05, 0) is 31.2 Å². The fourth-order valence-electron chi connectivity index (χ4n) is 3.32. The molecule has 0 atom stereocenters. The average Bonchev–Trinajstić information content (AvgIpc) is 3.57. The first-order valence-corrected chi connectivity index (χ1v) is 12.1. The molecular weight excluding hydrogens is 474 g/mol. The van der Waals surface area contributed by atoms with Crippen LogP contribution in [0.15, 0.2) is 52.2 Å². The molecule has 0 aliphatic heterocycles. The number of esters is 1. The Labute approximate surface area is 204 Å². The molecule has 34 heavy (non-hydrogen) atoms. The van der Waals surface area contributed by atoms with E-state index in [0.717, 1.165) is 22.7 Å². The molecule has 3 heterocycles. The second kappa shape index (κ2) is 10.5. The number of carbonyl (C=O) groups excluding carboxylic acids is 1. The molecule has 4 aromatic rings. The molecule has 0 fully saturated rings. The third kappa shape index (κ3) is 4.78. The zero-order valence-corrected chi connectivity index (χ0v) is 20.1. The Bertz CT molecular complexity index is 1340. The first-order chi connectivity index (χ1) is 16.5. The lowest BCUT2D eigenvalue weighted by Crippen LogP contribution is -2.06. The second-order valence-corrected chi connectivity index (χ2v) is 8.97. The number of hydrogen-bond acceptors (Lipinski definition) is 10. The summed E-state index contributed by atoms with van der Waals surface area (Å²) in [5.74, 6) is 1.86. The van der Waals surface area contributed by atoms with E-state index in [1.807, 2.05) is 41.0 Å². The average molecular weight is 496 g/mol. The number of nitrogens with two attached hydrogens (primary N) is 1. The molecule has 0 unspecified atom stereocenters. The van der Waals surface area contributed by atoms with Crippen LogP contribution in [0.25, 0.3) is 11.4 Å². The minimum absolute atomic E-state index is 0.229. The van der Waals surface area contributed by atoms with Gasteiger partial charge in [-0.2, -0.15) is 5.26 Å². The summed E-state index contributed by atoms with van der Waals surface area (Å²) in [4.78, 5) is 12.8. The molecule has 0 aliphatic rings. The minimum Gasteiger partial charge on any atom is -0.497 e. The molecular formula is C23H21N5O4S2. The van der Waals surface area contributed by atoms with E-state index in [4.69, 9.17) is 19.6 Å². The van der Waals surface area contributed by atoms with E-state index >= 15 is 0 Å². The summed E-state index contributed by atoms with van der Waals surface area (Å²) in [6.07, 6.45) is 1.61. The summed E-state index contributed by atoms with van der Waals surface area (Å²) in [6.45, 7) is 2.36. The van der Waals surface area contributed by atoms with Crippen molar-refractivity contribution in [3.8, 4) is 23.2 Å². The summed E-state index contributed by atoms with van der Waals surface area (Å²) >= 11 is 2.41. The molecule has 0 bridgehead atoms. The van der Waals surface area contributed by atoms with Crippen molar-refractivity contribution in [2.24, 2.45) is 0 Å². The molecule has 0 aliphatic carbocycles. The molecule has 0 radical (unpaired) electrons. The summed E-state index contributed by atoms with van der Waals surface area (Å²) in [5, 5.41) is 19.3. The number of benzene rings is 1. The number of hydrogen-bond donors (Lipinski definition) is 1. The number of aromatic nitrogens is 3. The summed E-state index contributed by atoms with van der Waals surface area (Å²) < 4.78 is 18.0. The number of carbonyl (C=O) groups is 1. The molecule has 11 heteroatoms. The number of ether oxygens (including phenoxy) is 2. The van der Waals surface area contributed by atoms with Crippen LogP contribution in [0.5, 0.6) is 5.75 Å². The topological polar surface area (TPSA) is 129 Å². The number of nitrogen functional groups attached to an aromatic ring is 1. The van der Waals surface area contributed by atoms with E-state index in [2.05, 4.69) is 16.3 Å². The molecule has 4 rings (SSSR count). The lowest BCUT2D eigenvalue weighted by molar-refractivity contribution is 0.0531. The smallest absolute Gasteiger partial charge is 0.348 e. The van der Waals surface area contributed by atoms with E-state index in [9.17, 15) is 10.1 Å². The largest absolute Gasteiger partial charge is 0.497 e. The van der Waals surface area contributed by atoms with Crippen molar-refractivity contribution < 1.29 is 18.7 Å². The van der Waals surface area contributed by atoms with Crippen LogP contribution >= 0.6 is 23.1 Å². The van der Waals surface area contributed by atoms with Gasteiger partial charge in [-0.25, -0.2) is 4.79 Å². The van der Waals surface area contributed by atoms with Gasteiger partial charge in [0.1, 0.15) is 27.5 Å². The van der Waals surface area contributed by atoms with Gasteiger partial charge in [0.25, 0.3) is 0 Å². The van der Waals surface area contributed by atoms with Crippen molar-refractivity contribution in [3.63, 3.8) is 0 Å². The van der Waals surface area contributed by atoms with E-state index < -0.39 is 5.97 Å². The number of furan rings is 1. The number of nitrogens with zero attached hydrogens (tertiary/aromatic N) is 4. The first kappa shape index (κ1) is 23.4. The highest BCUT2D eigenvalue weighted by atomic mass is 32.2. The van der Waals surface area contributed by atoms with Crippen molar-refractivity contribution in [3.05, 3.63) is 64.4 Å². The molecule has 0 amide bonds. The van der Waals surface area contributed by atoms with Crippen LogP contribution in [0, 0.1) is 11.3 Å². The SMILES string of the molecule is CCOC(=O)c1sc(N)c(C#N)c1CSc1nnc(-c2cccc(OC)c2)n1Cc1ccco1. The molecule has 0 spiro atoms.